The highest BCUT2D eigenvalue weighted by molar-refractivity contribution is 5.81. The molecule has 0 radical (unpaired) electrons. The average molecular weight is 256 g/mol. The summed E-state index contributed by atoms with van der Waals surface area (Å²) in [5.41, 5.74) is 2.52. The van der Waals surface area contributed by atoms with Crippen LogP contribution in [-0.2, 0) is 0 Å². The van der Waals surface area contributed by atoms with Gasteiger partial charge in [0, 0.05) is 11.1 Å². The van der Waals surface area contributed by atoms with Crippen molar-refractivity contribution < 1.29 is 14.3 Å². The third-order valence-electron chi connectivity index (χ3n) is 2.84. The molecule has 0 fully saturated rings. The van der Waals surface area contributed by atoms with E-state index < -0.39 is 0 Å². The Labute approximate surface area is 112 Å². The molecule has 0 saturated carbocycles. The Bertz CT molecular complexity index is 559. The molecule has 3 heteroatoms. The summed E-state index contributed by atoms with van der Waals surface area (Å²) in [6, 6.07) is 13.1. The Morgan fingerprint density at radius 3 is 2.42 bits per heavy atom. The van der Waals surface area contributed by atoms with Crippen molar-refractivity contribution in [3.05, 3.63) is 48.0 Å². The molecule has 0 aliphatic rings. The molecule has 0 spiro atoms. The van der Waals surface area contributed by atoms with E-state index in [1.165, 1.54) is 0 Å². The van der Waals surface area contributed by atoms with Crippen LogP contribution in [0.2, 0.25) is 0 Å². The van der Waals surface area contributed by atoms with E-state index in [4.69, 9.17) is 9.47 Å². The third kappa shape index (κ3) is 2.94. The Balaban J connectivity index is 2.41. The fraction of sp³-hybridized carbons (Fsp3) is 0.188. The van der Waals surface area contributed by atoms with Crippen LogP contribution in [0.3, 0.4) is 0 Å². The van der Waals surface area contributed by atoms with Gasteiger partial charge in [0.1, 0.15) is 17.8 Å². The molecule has 98 valence electrons. The van der Waals surface area contributed by atoms with Crippen molar-refractivity contribution in [2.24, 2.45) is 0 Å². The van der Waals surface area contributed by atoms with Crippen molar-refractivity contribution in [3.63, 3.8) is 0 Å². The highest BCUT2D eigenvalue weighted by atomic mass is 16.5. The maximum absolute atomic E-state index is 10.9. The van der Waals surface area contributed by atoms with Crippen LogP contribution in [0.4, 0.5) is 0 Å². The van der Waals surface area contributed by atoms with E-state index in [1.54, 1.807) is 19.2 Å². The number of rotatable bonds is 5. The Morgan fingerprint density at radius 2 is 1.84 bits per heavy atom. The molecule has 2 aromatic carbocycles. The zero-order valence-corrected chi connectivity index (χ0v) is 11.1. The van der Waals surface area contributed by atoms with Gasteiger partial charge in [-0.25, -0.2) is 0 Å². The minimum atomic E-state index is 0.629. The van der Waals surface area contributed by atoms with Gasteiger partial charge in [0.2, 0.25) is 0 Å². The van der Waals surface area contributed by atoms with Gasteiger partial charge in [-0.05, 0) is 42.8 Å². The maximum Gasteiger partial charge on any atom is 0.150 e. The molecule has 0 bridgehead atoms. The summed E-state index contributed by atoms with van der Waals surface area (Å²) in [5.74, 6) is 1.58. The minimum Gasteiger partial charge on any atom is -0.496 e. The predicted octanol–water partition coefficient (Wildman–Crippen LogP) is 3.57. The zero-order valence-electron chi connectivity index (χ0n) is 11.1. The zero-order chi connectivity index (χ0) is 13.7. The lowest BCUT2D eigenvalue weighted by atomic mass is 10.0. The number of aldehydes is 1. The summed E-state index contributed by atoms with van der Waals surface area (Å²) >= 11 is 0. The summed E-state index contributed by atoms with van der Waals surface area (Å²) in [5, 5.41) is 0. The number of hydrogen-bond acceptors (Lipinski definition) is 3. The van der Waals surface area contributed by atoms with Crippen LogP contribution in [0.1, 0.15) is 17.3 Å². The van der Waals surface area contributed by atoms with Crippen LogP contribution in [0.25, 0.3) is 11.1 Å². The van der Waals surface area contributed by atoms with Crippen molar-refractivity contribution >= 4 is 6.29 Å². The van der Waals surface area contributed by atoms with E-state index in [0.717, 1.165) is 28.9 Å². The molecule has 0 aromatic heterocycles. The summed E-state index contributed by atoms with van der Waals surface area (Å²) in [7, 11) is 1.62. The van der Waals surface area contributed by atoms with Gasteiger partial charge in [-0.15, -0.1) is 0 Å². The topological polar surface area (TPSA) is 35.5 Å². The quantitative estimate of drug-likeness (QED) is 0.767. The lowest BCUT2D eigenvalue weighted by molar-refractivity contribution is 0.112. The van der Waals surface area contributed by atoms with E-state index in [9.17, 15) is 4.79 Å². The fourth-order valence-corrected chi connectivity index (χ4v) is 1.92. The molecule has 0 saturated heterocycles. The number of ether oxygens (including phenoxy) is 2. The smallest absolute Gasteiger partial charge is 0.150 e. The molecular weight excluding hydrogens is 240 g/mol. The van der Waals surface area contributed by atoms with Gasteiger partial charge in [0.15, 0.2) is 0 Å². The number of carbonyl (C=O) groups excluding carboxylic acids is 1. The van der Waals surface area contributed by atoms with Gasteiger partial charge in [-0.2, -0.15) is 0 Å². The number of carbonyl (C=O) groups is 1. The van der Waals surface area contributed by atoms with Crippen molar-refractivity contribution in [2.45, 2.75) is 6.92 Å². The van der Waals surface area contributed by atoms with E-state index in [1.807, 2.05) is 37.3 Å². The number of hydrogen-bond donors (Lipinski definition) is 0. The van der Waals surface area contributed by atoms with Gasteiger partial charge in [-0.3, -0.25) is 4.79 Å². The van der Waals surface area contributed by atoms with Crippen LogP contribution in [0.15, 0.2) is 42.5 Å². The summed E-state index contributed by atoms with van der Waals surface area (Å²) in [6.45, 7) is 2.59. The Kier molecular flexibility index (Phi) is 4.18. The third-order valence-corrected chi connectivity index (χ3v) is 2.84. The first-order chi connectivity index (χ1) is 9.28. The number of methoxy groups -OCH3 is 1. The lowest BCUT2D eigenvalue weighted by Gasteiger charge is -2.10. The van der Waals surface area contributed by atoms with Crippen LogP contribution in [0.5, 0.6) is 11.5 Å². The molecule has 0 N–H and O–H groups in total. The summed E-state index contributed by atoms with van der Waals surface area (Å²) in [4.78, 5) is 10.9. The molecule has 0 aliphatic heterocycles. The SMILES string of the molecule is CCOc1ccc(-c2cc(C=O)ccc2OC)cc1. The van der Waals surface area contributed by atoms with Gasteiger partial charge < -0.3 is 9.47 Å². The van der Waals surface area contributed by atoms with Gasteiger partial charge >= 0.3 is 0 Å². The van der Waals surface area contributed by atoms with Gasteiger partial charge in [-0.1, -0.05) is 12.1 Å². The standard InChI is InChI=1S/C16H16O3/c1-3-19-14-7-5-13(6-8-14)15-10-12(11-17)4-9-16(15)18-2/h4-11H,3H2,1-2H3. The van der Waals surface area contributed by atoms with E-state index in [2.05, 4.69) is 0 Å². The van der Waals surface area contributed by atoms with E-state index in [-0.39, 0.29) is 0 Å². The van der Waals surface area contributed by atoms with Crippen molar-refractivity contribution in [3.8, 4) is 22.6 Å². The van der Waals surface area contributed by atoms with E-state index in [0.29, 0.717) is 12.2 Å². The van der Waals surface area contributed by atoms with Crippen molar-refractivity contribution in [1.29, 1.82) is 0 Å². The predicted molar refractivity (Wildman–Crippen MR) is 75.0 cm³/mol. The molecule has 2 aromatic rings. The molecule has 0 unspecified atom stereocenters. The van der Waals surface area contributed by atoms with Crippen LogP contribution >= 0.6 is 0 Å². The second kappa shape index (κ2) is 6.05. The normalized spacial score (nSPS) is 10.0. The first-order valence-electron chi connectivity index (χ1n) is 6.15. The average Bonchev–Trinajstić information content (AvgIpc) is 2.47. The second-order valence-electron chi connectivity index (χ2n) is 4.03. The molecule has 0 heterocycles. The van der Waals surface area contributed by atoms with Crippen molar-refractivity contribution in [2.75, 3.05) is 13.7 Å². The Morgan fingerprint density at radius 1 is 1.11 bits per heavy atom. The lowest BCUT2D eigenvalue weighted by Crippen LogP contribution is -1.92. The van der Waals surface area contributed by atoms with E-state index >= 15 is 0 Å². The van der Waals surface area contributed by atoms with Crippen LogP contribution in [-0.4, -0.2) is 20.0 Å². The molecule has 19 heavy (non-hydrogen) atoms. The van der Waals surface area contributed by atoms with Gasteiger partial charge in [0.05, 0.1) is 13.7 Å². The monoisotopic (exact) mass is 256 g/mol. The van der Waals surface area contributed by atoms with Crippen LogP contribution < -0.4 is 9.47 Å². The summed E-state index contributed by atoms with van der Waals surface area (Å²) in [6.07, 6.45) is 0.831. The maximum atomic E-state index is 10.9. The molecule has 0 amide bonds. The summed E-state index contributed by atoms with van der Waals surface area (Å²) < 4.78 is 10.7. The highest BCUT2D eigenvalue weighted by Crippen LogP contribution is 2.31. The minimum absolute atomic E-state index is 0.629. The molecule has 2 rings (SSSR count). The molecule has 3 nitrogen and oxygen atoms in total. The molecule has 0 aliphatic carbocycles. The fourth-order valence-electron chi connectivity index (χ4n) is 1.92. The highest BCUT2D eigenvalue weighted by Gasteiger charge is 2.07. The van der Waals surface area contributed by atoms with Crippen LogP contribution in [0, 0.1) is 0 Å². The van der Waals surface area contributed by atoms with Gasteiger partial charge in [0.25, 0.3) is 0 Å². The first kappa shape index (κ1) is 13.1. The first-order valence-corrected chi connectivity index (χ1v) is 6.15. The Hall–Kier alpha value is -2.29. The second-order valence-corrected chi connectivity index (χ2v) is 4.03. The number of benzene rings is 2. The largest absolute Gasteiger partial charge is 0.496 e. The van der Waals surface area contributed by atoms with Crippen molar-refractivity contribution in [1.82, 2.24) is 0 Å². The molecule has 0 atom stereocenters. The molecular formula is C16H16O3.